The van der Waals surface area contributed by atoms with Crippen molar-refractivity contribution >= 4 is 11.8 Å². The lowest BCUT2D eigenvalue weighted by Gasteiger charge is -2.35. The van der Waals surface area contributed by atoms with Crippen molar-refractivity contribution < 1.29 is 19.1 Å². The molecule has 0 radical (unpaired) electrons. The summed E-state index contributed by atoms with van der Waals surface area (Å²) in [7, 11) is 3.77. The lowest BCUT2D eigenvalue weighted by molar-refractivity contribution is -0.136. The van der Waals surface area contributed by atoms with Gasteiger partial charge in [-0.3, -0.25) is 19.4 Å². The summed E-state index contributed by atoms with van der Waals surface area (Å²) in [6.45, 7) is 28.1. The molecule has 0 aromatic heterocycles. The number of carbonyl (C=O) groups is 2. The van der Waals surface area contributed by atoms with Gasteiger partial charge in [-0.05, 0) is 44.7 Å². The molecular weight excluding hydrogens is 528 g/mol. The number of likely N-dealkylation sites (N-methyl/N-ethyl adjacent to an activating group) is 1. The highest BCUT2D eigenvalue weighted by atomic mass is 16.5. The topological polar surface area (TPSA) is 65.6 Å². The van der Waals surface area contributed by atoms with Crippen LogP contribution in [0.5, 0.6) is 0 Å². The smallest absolute Gasteiger partial charge is 0.224 e. The molecular formula is C34H70N4O4. The van der Waals surface area contributed by atoms with Gasteiger partial charge in [0.05, 0.1) is 25.4 Å². The van der Waals surface area contributed by atoms with E-state index in [4.69, 9.17) is 9.47 Å². The molecule has 2 aliphatic rings. The molecule has 8 nitrogen and oxygen atoms in total. The Labute approximate surface area is 260 Å². The molecule has 2 rings (SSSR count). The maximum Gasteiger partial charge on any atom is 0.224 e. The monoisotopic (exact) mass is 599 g/mol. The molecule has 0 bridgehead atoms. The predicted octanol–water partition coefficient (Wildman–Crippen LogP) is 5.65. The number of morpholine rings is 2. The van der Waals surface area contributed by atoms with Gasteiger partial charge in [-0.1, -0.05) is 75.2 Å². The van der Waals surface area contributed by atoms with Crippen LogP contribution in [0.25, 0.3) is 0 Å². The fraction of sp³-hybridized carbons (Fsp3) is 0.941. The van der Waals surface area contributed by atoms with E-state index in [0.29, 0.717) is 6.54 Å². The first-order valence-electron chi connectivity index (χ1n) is 17.2. The number of rotatable bonds is 15. The standard InChI is InChI=1S/C17H34N2O2.C15H30N2O2.C2H6/c1-6-15(4)8-7-9-19-10-11-21-16(13-19)12-18(5)17(20)14(2)3;1-5-6-8-17-10-11-19-14(12-17)7-9-16(4)15(18)13(2)3;1-2/h14-16H,6-13H2,1-5H3;13-14H,5-12H2,1-4H3;1-2H3. The minimum Gasteiger partial charge on any atom is -0.375 e. The van der Waals surface area contributed by atoms with Crippen molar-refractivity contribution in [2.45, 2.75) is 113 Å². The lowest BCUT2D eigenvalue weighted by Crippen LogP contribution is -2.48. The van der Waals surface area contributed by atoms with E-state index in [1.807, 2.05) is 65.4 Å². The molecule has 0 aromatic carbocycles. The summed E-state index contributed by atoms with van der Waals surface area (Å²) >= 11 is 0. The Hall–Kier alpha value is -1.22. The first-order chi connectivity index (χ1) is 20.0. The van der Waals surface area contributed by atoms with Gasteiger partial charge in [-0.15, -0.1) is 0 Å². The van der Waals surface area contributed by atoms with Crippen molar-refractivity contribution in [3.8, 4) is 0 Å². The highest BCUT2D eigenvalue weighted by Gasteiger charge is 2.24. The molecule has 42 heavy (non-hydrogen) atoms. The zero-order chi connectivity index (χ0) is 32.1. The quantitative estimate of drug-likeness (QED) is 0.243. The Morgan fingerprint density at radius 3 is 1.81 bits per heavy atom. The average Bonchev–Trinajstić information content (AvgIpc) is 2.99. The van der Waals surface area contributed by atoms with Crippen LogP contribution in [0, 0.1) is 17.8 Å². The summed E-state index contributed by atoms with van der Waals surface area (Å²) in [5.41, 5.74) is 0. The highest BCUT2D eigenvalue weighted by molar-refractivity contribution is 5.78. The molecule has 0 saturated carbocycles. The first-order valence-corrected chi connectivity index (χ1v) is 17.2. The van der Waals surface area contributed by atoms with Gasteiger partial charge in [0, 0.05) is 65.2 Å². The van der Waals surface area contributed by atoms with Gasteiger partial charge < -0.3 is 19.3 Å². The van der Waals surface area contributed by atoms with Gasteiger partial charge in [-0.2, -0.15) is 0 Å². The number of amides is 2. The molecule has 250 valence electrons. The van der Waals surface area contributed by atoms with Crippen LogP contribution in [0.2, 0.25) is 0 Å². The molecule has 2 amide bonds. The summed E-state index contributed by atoms with van der Waals surface area (Å²) in [6, 6.07) is 0. The molecule has 2 aliphatic heterocycles. The van der Waals surface area contributed by atoms with Crippen LogP contribution in [0.15, 0.2) is 0 Å². The maximum absolute atomic E-state index is 11.9. The van der Waals surface area contributed by atoms with Crippen LogP contribution in [-0.4, -0.2) is 123 Å². The van der Waals surface area contributed by atoms with Crippen molar-refractivity contribution in [2.75, 3.05) is 79.7 Å². The molecule has 2 fully saturated rings. The van der Waals surface area contributed by atoms with E-state index in [1.165, 1.54) is 38.6 Å². The molecule has 3 unspecified atom stereocenters. The molecule has 0 aromatic rings. The van der Waals surface area contributed by atoms with Crippen molar-refractivity contribution in [1.82, 2.24) is 19.6 Å². The van der Waals surface area contributed by atoms with Crippen LogP contribution < -0.4 is 0 Å². The third kappa shape index (κ3) is 17.8. The average molecular weight is 599 g/mol. The Balaban J connectivity index is 0.000000759. The van der Waals surface area contributed by atoms with E-state index in [9.17, 15) is 9.59 Å². The van der Waals surface area contributed by atoms with Crippen LogP contribution in [0.1, 0.15) is 101 Å². The van der Waals surface area contributed by atoms with Crippen LogP contribution in [0.3, 0.4) is 0 Å². The number of hydrogen-bond acceptors (Lipinski definition) is 6. The Kier molecular flexibility index (Phi) is 23.4. The number of hydrogen-bond donors (Lipinski definition) is 0. The minimum absolute atomic E-state index is 0.0604. The van der Waals surface area contributed by atoms with Crippen molar-refractivity contribution in [3.05, 3.63) is 0 Å². The number of carbonyl (C=O) groups excluding carboxylic acids is 2. The number of unbranched alkanes of at least 4 members (excludes halogenated alkanes) is 1. The summed E-state index contributed by atoms with van der Waals surface area (Å²) in [4.78, 5) is 32.4. The maximum atomic E-state index is 11.9. The first kappa shape index (κ1) is 40.8. The van der Waals surface area contributed by atoms with E-state index in [1.54, 1.807) is 0 Å². The number of nitrogens with zero attached hydrogens (tertiary/aromatic N) is 4. The third-order valence-corrected chi connectivity index (χ3v) is 8.15. The Bertz CT molecular complexity index is 690. The van der Waals surface area contributed by atoms with Crippen molar-refractivity contribution in [2.24, 2.45) is 17.8 Å². The third-order valence-electron chi connectivity index (χ3n) is 8.15. The fourth-order valence-corrected chi connectivity index (χ4v) is 5.23. The SMILES string of the molecule is CC.CCC(C)CCCN1CCOC(CN(C)C(=O)C(C)C)C1.CCCCN1CCOC(CCN(C)C(=O)C(C)C)C1. The zero-order valence-electron chi connectivity index (χ0n) is 29.6. The highest BCUT2D eigenvalue weighted by Crippen LogP contribution is 2.14. The normalized spacial score (nSPS) is 20.3. The van der Waals surface area contributed by atoms with Crippen LogP contribution >= 0.6 is 0 Å². The minimum atomic E-state index is 0.0604. The second-order valence-corrected chi connectivity index (χ2v) is 12.7. The fourth-order valence-electron chi connectivity index (χ4n) is 5.23. The second kappa shape index (κ2) is 24.1. The van der Waals surface area contributed by atoms with Gasteiger partial charge >= 0.3 is 0 Å². The van der Waals surface area contributed by atoms with Crippen molar-refractivity contribution in [1.29, 1.82) is 0 Å². The molecule has 8 heteroatoms. The summed E-state index contributed by atoms with van der Waals surface area (Å²) < 4.78 is 11.6. The lowest BCUT2D eigenvalue weighted by atomic mass is 10.0. The predicted molar refractivity (Wildman–Crippen MR) is 177 cm³/mol. The van der Waals surface area contributed by atoms with Gasteiger partial charge in [0.2, 0.25) is 11.8 Å². The van der Waals surface area contributed by atoms with E-state index < -0.39 is 0 Å². The molecule has 0 N–H and O–H groups in total. The molecule has 0 spiro atoms. The van der Waals surface area contributed by atoms with E-state index in [-0.39, 0.29) is 35.9 Å². The zero-order valence-corrected chi connectivity index (χ0v) is 29.6. The molecule has 0 aliphatic carbocycles. The summed E-state index contributed by atoms with van der Waals surface area (Å²) in [5.74, 6) is 1.39. The van der Waals surface area contributed by atoms with Crippen LogP contribution in [-0.2, 0) is 19.1 Å². The Morgan fingerprint density at radius 1 is 0.786 bits per heavy atom. The molecule has 2 heterocycles. The van der Waals surface area contributed by atoms with Gasteiger partial charge in [0.25, 0.3) is 0 Å². The number of ether oxygens (including phenoxy) is 2. The van der Waals surface area contributed by atoms with E-state index >= 15 is 0 Å². The van der Waals surface area contributed by atoms with Gasteiger partial charge in [-0.25, -0.2) is 0 Å². The summed E-state index contributed by atoms with van der Waals surface area (Å²) in [6.07, 6.45) is 7.74. The van der Waals surface area contributed by atoms with Crippen molar-refractivity contribution in [3.63, 3.8) is 0 Å². The van der Waals surface area contributed by atoms with Gasteiger partial charge in [0.15, 0.2) is 0 Å². The van der Waals surface area contributed by atoms with E-state index in [0.717, 1.165) is 64.8 Å². The molecule has 2 saturated heterocycles. The second-order valence-electron chi connectivity index (χ2n) is 12.7. The van der Waals surface area contributed by atoms with Gasteiger partial charge in [0.1, 0.15) is 0 Å². The molecule has 3 atom stereocenters. The van der Waals surface area contributed by atoms with E-state index in [2.05, 4.69) is 30.6 Å². The van der Waals surface area contributed by atoms with Crippen LogP contribution in [0.4, 0.5) is 0 Å². The summed E-state index contributed by atoms with van der Waals surface area (Å²) in [5, 5.41) is 0. The largest absolute Gasteiger partial charge is 0.375 e. The Morgan fingerprint density at radius 2 is 1.29 bits per heavy atom.